The first-order valence-corrected chi connectivity index (χ1v) is 5.35. The normalized spacial score (nSPS) is 9.68. The minimum Gasteiger partial charge on any atom is -0.484 e. The van der Waals surface area contributed by atoms with Crippen molar-refractivity contribution < 1.29 is 24.4 Å². The van der Waals surface area contributed by atoms with Crippen molar-refractivity contribution in [2.75, 3.05) is 13.2 Å². The van der Waals surface area contributed by atoms with Gasteiger partial charge < -0.3 is 15.2 Å². The van der Waals surface area contributed by atoms with Crippen LogP contribution in [0.3, 0.4) is 0 Å². The second-order valence-electron chi connectivity index (χ2n) is 3.53. The van der Waals surface area contributed by atoms with Crippen molar-refractivity contribution in [2.24, 2.45) is 0 Å². The van der Waals surface area contributed by atoms with E-state index in [-0.39, 0.29) is 25.3 Å². The topological polar surface area (TPSA) is 119 Å². The van der Waals surface area contributed by atoms with Crippen LogP contribution in [0.25, 0.3) is 0 Å². The Morgan fingerprint density at radius 2 is 1.95 bits per heavy atom. The molecule has 0 spiro atoms. The number of nitrogens with one attached hydrogen (secondary N) is 1. The van der Waals surface area contributed by atoms with E-state index in [0.29, 0.717) is 5.75 Å². The van der Waals surface area contributed by atoms with Gasteiger partial charge in [-0.2, -0.15) is 0 Å². The molecule has 0 radical (unpaired) electrons. The van der Waals surface area contributed by atoms with E-state index in [4.69, 9.17) is 9.84 Å². The van der Waals surface area contributed by atoms with Crippen molar-refractivity contribution in [1.29, 1.82) is 0 Å². The summed E-state index contributed by atoms with van der Waals surface area (Å²) in [5.74, 6) is -1.14. The molecule has 1 aromatic carbocycles. The maximum Gasteiger partial charge on any atom is 0.305 e. The average molecular weight is 268 g/mol. The summed E-state index contributed by atoms with van der Waals surface area (Å²) in [4.78, 5) is 31.3. The van der Waals surface area contributed by atoms with Crippen molar-refractivity contribution in [2.45, 2.75) is 6.42 Å². The molecule has 0 heterocycles. The molecule has 0 bridgehead atoms. The Labute approximate surface area is 108 Å². The van der Waals surface area contributed by atoms with Crippen LogP contribution >= 0.6 is 0 Å². The number of hydrogen-bond acceptors (Lipinski definition) is 5. The molecule has 0 atom stereocenters. The third-order valence-electron chi connectivity index (χ3n) is 2.08. The van der Waals surface area contributed by atoms with Crippen LogP contribution in [0.2, 0.25) is 0 Å². The van der Waals surface area contributed by atoms with Gasteiger partial charge in [0, 0.05) is 18.7 Å². The number of carbonyl (C=O) groups is 2. The van der Waals surface area contributed by atoms with Gasteiger partial charge >= 0.3 is 5.97 Å². The van der Waals surface area contributed by atoms with E-state index in [1.165, 1.54) is 24.3 Å². The SMILES string of the molecule is O=C(O)CCNC(=O)COc1ccc([N+](=O)[O-])cc1. The summed E-state index contributed by atoms with van der Waals surface area (Å²) in [6.07, 6.45) is -0.163. The third kappa shape index (κ3) is 5.48. The Bertz CT molecular complexity index is 471. The van der Waals surface area contributed by atoms with E-state index in [1.807, 2.05) is 0 Å². The summed E-state index contributed by atoms with van der Waals surface area (Å²) in [7, 11) is 0. The largest absolute Gasteiger partial charge is 0.484 e. The molecule has 0 saturated heterocycles. The number of carbonyl (C=O) groups excluding carboxylic acids is 1. The van der Waals surface area contributed by atoms with E-state index in [9.17, 15) is 19.7 Å². The predicted molar refractivity (Wildman–Crippen MR) is 63.9 cm³/mol. The number of nitrogens with zero attached hydrogens (tertiary/aromatic N) is 1. The Morgan fingerprint density at radius 3 is 2.47 bits per heavy atom. The first kappa shape index (κ1) is 14.4. The van der Waals surface area contributed by atoms with Crippen LogP contribution in [0.15, 0.2) is 24.3 Å². The zero-order valence-electron chi connectivity index (χ0n) is 9.87. The van der Waals surface area contributed by atoms with Crippen molar-refractivity contribution in [3.63, 3.8) is 0 Å². The fourth-order valence-electron chi connectivity index (χ4n) is 1.17. The molecular formula is C11H12N2O6. The number of nitro groups is 1. The molecule has 8 nitrogen and oxygen atoms in total. The lowest BCUT2D eigenvalue weighted by molar-refractivity contribution is -0.384. The fraction of sp³-hybridized carbons (Fsp3) is 0.273. The Morgan fingerprint density at radius 1 is 1.32 bits per heavy atom. The number of carboxylic acids is 1. The number of carboxylic acid groups (broad SMARTS) is 1. The highest BCUT2D eigenvalue weighted by atomic mass is 16.6. The van der Waals surface area contributed by atoms with E-state index in [2.05, 4.69) is 5.32 Å². The van der Waals surface area contributed by atoms with Crippen LogP contribution in [0.1, 0.15) is 6.42 Å². The molecule has 1 aromatic rings. The Hall–Kier alpha value is -2.64. The number of nitro benzene ring substituents is 1. The smallest absolute Gasteiger partial charge is 0.305 e. The molecule has 0 aliphatic heterocycles. The van der Waals surface area contributed by atoms with E-state index < -0.39 is 16.8 Å². The molecule has 0 fully saturated rings. The van der Waals surface area contributed by atoms with E-state index in [0.717, 1.165) is 0 Å². The van der Waals surface area contributed by atoms with Crippen molar-refractivity contribution >= 4 is 17.6 Å². The maximum atomic E-state index is 11.2. The van der Waals surface area contributed by atoms with Gasteiger partial charge in [-0.3, -0.25) is 19.7 Å². The van der Waals surface area contributed by atoms with Gasteiger partial charge in [-0.1, -0.05) is 0 Å². The molecule has 1 rings (SSSR count). The van der Waals surface area contributed by atoms with Crippen LogP contribution in [0, 0.1) is 10.1 Å². The molecule has 102 valence electrons. The zero-order valence-corrected chi connectivity index (χ0v) is 9.87. The zero-order chi connectivity index (χ0) is 14.3. The fourth-order valence-corrected chi connectivity index (χ4v) is 1.17. The Kier molecular flexibility index (Phi) is 5.27. The molecule has 0 saturated carbocycles. The minimum absolute atomic E-state index is 0.0256. The molecule has 0 aromatic heterocycles. The molecule has 0 aliphatic carbocycles. The molecular weight excluding hydrogens is 256 g/mol. The summed E-state index contributed by atoms with van der Waals surface area (Å²) in [5, 5.41) is 21.1. The standard InChI is InChI=1S/C11H12N2O6/c14-10(12-6-5-11(15)16)7-19-9-3-1-8(2-4-9)13(17)18/h1-4H,5-7H2,(H,12,14)(H,15,16). The molecule has 19 heavy (non-hydrogen) atoms. The van der Waals surface area contributed by atoms with Crippen molar-refractivity contribution in [3.05, 3.63) is 34.4 Å². The number of amides is 1. The highest BCUT2D eigenvalue weighted by Gasteiger charge is 2.06. The predicted octanol–water partition coefficient (Wildman–Crippen LogP) is 0.564. The van der Waals surface area contributed by atoms with E-state index in [1.54, 1.807) is 0 Å². The summed E-state index contributed by atoms with van der Waals surface area (Å²) < 4.78 is 5.08. The molecule has 2 N–H and O–H groups in total. The first-order valence-electron chi connectivity index (χ1n) is 5.35. The van der Waals surface area contributed by atoms with E-state index >= 15 is 0 Å². The van der Waals surface area contributed by atoms with Gasteiger partial charge in [0.1, 0.15) is 5.75 Å². The van der Waals surface area contributed by atoms with Crippen LogP contribution in [0.4, 0.5) is 5.69 Å². The van der Waals surface area contributed by atoms with Crippen LogP contribution in [-0.2, 0) is 9.59 Å². The van der Waals surface area contributed by atoms with Crippen LogP contribution < -0.4 is 10.1 Å². The monoisotopic (exact) mass is 268 g/mol. The molecule has 0 aliphatic rings. The van der Waals surface area contributed by atoms with Gasteiger partial charge in [-0.25, -0.2) is 0 Å². The average Bonchev–Trinajstić information content (AvgIpc) is 2.36. The Balaban J connectivity index is 2.33. The first-order chi connectivity index (χ1) is 8.99. The lowest BCUT2D eigenvalue weighted by atomic mass is 10.3. The van der Waals surface area contributed by atoms with Gasteiger partial charge in [0.25, 0.3) is 11.6 Å². The number of aliphatic carboxylic acids is 1. The van der Waals surface area contributed by atoms with Gasteiger partial charge in [0.15, 0.2) is 6.61 Å². The second kappa shape index (κ2) is 6.94. The summed E-state index contributed by atoms with van der Waals surface area (Å²) in [6.45, 7) is -0.255. The maximum absolute atomic E-state index is 11.2. The lowest BCUT2D eigenvalue weighted by Crippen LogP contribution is -2.30. The van der Waals surface area contributed by atoms with Gasteiger partial charge in [0.05, 0.1) is 11.3 Å². The number of rotatable bonds is 7. The van der Waals surface area contributed by atoms with Crippen LogP contribution in [-0.4, -0.2) is 35.1 Å². The van der Waals surface area contributed by atoms with Gasteiger partial charge in [0.2, 0.25) is 0 Å². The summed E-state index contributed by atoms with van der Waals surface area (Å²) in [6, 6.07) is 5.28. The number of benzene rings is 1. The van der Waals surface area contributed by atoms with Gasteiger partial charge in [-0.05, 0) is 12.1 Å². The third-order valence-corrected chi connectivity index (χ3v) is 2.08. The molecule has 8 heteroatoms. The molecule has 1 amide bonds. The minimum atomic E-state index is -1.00. The van der Waals surface area contributed by atoms with Gasteiger partial charge in [-0.15, -0.1) is 0 Å². The highest BCUT2D eigenvalue weighted by molar-refractivity contribution is 5.78. The van der Waals surface area contributed by atoms with Crippen molar-refractivity contribution in [1.82, 2.24) is 5.32 Å². The lowest BCUT2D eigenvalue weighted by Gasteiger charge is -2.06. The van der Waals surface area contributed by atoms with Crippen LogP contribution in [0.5, 0.6) is 5.75 Å². The molecule has 0 unspecified atom stereocenters. The second-order valence-corrected chi connectivity index (χ2v) is 3.53. The van der Waals surface area contributed by atoms with Crippen molar-refractivity contribution in [3.8, 4) is 5.75 Å². The summed E-state index contributed by atoms with van der Waals surface area (Å²) in [5.41, 5.74) is -0.0711. The number of ether oxygens (including phenoxy) is 1. The number of non-ortho nitro benzene ring substituents is 1. The summed E-state index contributed by atoms with van der Waals surface area (Å²) >= 11 is 0. The number of hydrogen-bond donors (Lipinski definition) is 2. The highest BCUT2D eigenvalue weighted by Crippen LogP contribution is 2.16. The quantitative estimate of drug-likeness (QED) is 0.551.